The molecule has 0 saturated heterocycles. The zero-order chi connectivity index (χ0) is 17.4. The van der Waals surface area contributed by atoms with Crippen molar-refractivity contribution in [3.8, 4) is 0 Å². The zero-order valence-electron chi connectivity index (χ0n) is 15.9. The van der Waals surface area contributed by atoms with Gasteiger partial charge >= 0.3 is 5.97 Å². The lowest BCUT2D eigenvalue weighted by Gasteiger charge is -2.15. The van der Waals surface area contributed by atoms with E-state index in [9.17, 15) is 9.90 Å². The van der Waals surface area contributed by atoms with E-state index in [0.717, 1.165) is 12.8 Å². The van der Waals surface area contributed by atoms with Crippen molar-refractivity contribution in [1.29, 1.82) is 0 Å². The van der Waals surface area contributed by atoms with Crippen LogP contribution in [0.5, 0.6) is 0 Å². The molecule has 0 saturated carbocycles. The molecule has 3 heteroatoms. The van der Waals surface area contributed by atoms with Crippen LogP contribution >= 0.6 is 0 Å². The number of ether oxygens (including phenoxy) is 1. The van der Waals surface area contributed by atoms with Gasteiger partial charge in [0.1, 0.15) is 0 Å². The van der Waals surface area contributed by atoms with E-state index in [1.54, 1.807) is 0 Å². The Hall–Kier alpha value is -0.570. The van der Waals surface area contributed by atoms with Crippen LogP contribution < -0.4 is 0 Å². The van der Waals surface area contributed by atoms with Gasteiger partial charge in [0, 0.05) is 0 Å². The van der Waals surface area contributed by atoms with E-state index >= 15 is 0 Å². The maximum atomic E-state index is 11.3. The number of hydrogen-bond acceptors (Lipinski definition) is 3. The van der Waals surface area contributed by atoms with Crippen molar-refractivity contribution in [3.63, 3.8) is 0 Å². The molecular formula is C20H40O3. The van der Waals surface area contributed by atoms with E-state index in [-0.39, 0.29) is 0 Å². The Morgan fingerprint density at radius 1 is 0.739 bits per heavy atom. The number of rotatable bonds is 16. The Balaban J connectivity index is 3.12. The highest BCUT2D eigenvalue weighted by molar-refractivity contribution is 5.78. The minimum Gasteiger partial charge on any atom is -0.464 e. The number of aliphatic hydroxyl groups is 1. The molecule has 1 N–H and O–H groups in total. The number of carbonyl (C=O) groups excluding carboxylic acids is 1. The molecule has 0 unspecified atom stereocenters. The Labute approximate surface area is 144 Å². The third-order valence-corrected chi connectivity index (χ3v) is 4.23. The van der Waals surface area contributed by atoms with Crippen LogP contribution in [0, 0.1) is 0 Å². The fourth-order valence-corrected chi connectivity index (χ4v) is 2.64. The summed E-state index contributed by atoms with van der Waals surface area (Å²) in [6, 6.07) is 0. The molecule has 0 spiro atoms. The van der Waals surface area contributed by atoms with E-state index in [0.29, 0.717) is 6.61 Å². The van der Waals surface area contributed by atoms with Crippen molar-refractivity contribution in [3.05, 3.63) is 0 Å². The quantitative estimate of drug-likeness (QED) is 0.288. The molecule has 0 aromatic rings. The summed E-state index contributed by atoms with van der Waals surface area (Å²) < 4.78 is 5.02. The predicted octanol–water partition coefficient (Wildman–Crippen LogP) is 5.78. The van der Waals surface area contributed by atoms with Crippen molar-refractivity contribution in [1.82, 2.24) is 0 Å². The second-order valence-corrected chi connectivity index (χ2v) is 7.29. The van der Waals surface area contributed by atoms with Crippen molar-refractivity contribution in [2.45, 2.75) is 116 Å². The second kappa shape index (κ2) is 15.0. The van der Waals surface area contributed by atoms with Gasteiger partial charge in [-0.15, -0.1) is 0 Å². The molecular weight excluding hydrogens is 288 g/mol. The minimum atomic E-state index is -1.37. The van der Waals surface area contributed by atoms with Crippen molar-refractivity contribution < 1.29 is 14.6 Å². The lowest BCUT2D eigenvalue weighted by atomic mass is 10.0. The molecule has 0 amide bonds. The molecule has 3 nitrogen and oxygen atoms in total. The fourth-order valence-electron chi connectivity index (χ4n) is 2.64. The maximum absolute atomic E-state index is 11.3. The van der Waals surface area contributed by atoms with Crippen molar-refractivity contribution in [2.24, 2.45) is 0 Å². The monoisotopic (exact) mass is 328 g/mol. The highest BCUT2D eigenvalue weighted by atomic mass is 16.5. The summed E-state index contributed by atoms with van der Waals surface area (Å²) in [7, 11) is 0. The van der Waals surface area contributed by atoms with Crippen LogP contribution in [0.2, 0.25) is 0 Å². The third-order valence-electron chi connectivity index (χ3n) is 4.23. The summed E-state index contributed by atoms with van der Waals surface area (Å²) in [6.07, 6.45) is 18.4. The van der Waals surface area contributed by atoms with Crippen LogP contribution in [0.4, 0.5) is 0 Å². The van der Waals surface area contributed by atoms with Gasteiger partial charge in [0.15, 0.2) is 5.60 Å². The number of unbranched alkanes of at least 4 members (excludes halogenated alkanes) is 13. The summed E-state index contributed by atoms with van der Waals surface area (Å²) in [4.78, 5) is 11.3. The number of hydrogen-bond donors (Lipinski definition) is 1. The van der Waals surface area contributed by atoms with Crippen LogP contribution in [0.15, 0.2) is 0 Å². The topological polar surface area (TPSA) is 46.5 Å². The smallest absolute Gasteiger partial charge is 0.337 e. The largest absolute Gasteiger partial charge is 0.464 e. The molecule has 138 valence electrons. The molecule has 23 heavy (non-hydrogen) atoms. The van der Waals surface area contributed by atoms with Crippen LogP contribution in [-0.4, -0.2) is 23.3 Å². The summed E-state index contributed by atoms with van der Waals surface area (Å²) >= 11 is 0. The van der Waals surface area contributed by atoms with Crippen LogP contribution in [0.25, 0.3) is 0 Å². The van der Waals surface area contributed by atoms with Crippen LogP contribution in [-0.2, 0) is 9.53 Å². The van der Waals surface area contributed by atoms with E-state index in [1.807, 2.05) is 0 Å². The summed E-state index contributed by atoms with van der Waals surface area (Å²) in [5.74, 6) is -0.521. The molecule has 0 heterocycles. The van der Waals surface area contributed by atoms with E-state index in [2.05, 4.69) is 6.92 Å². The van der Waals surface area contributed by atoms with Gasteiger partial charge in [-0.2, -0.15) is 0 Å². The first-order valence-corrected chi connectivity index (χ1v) is 9.88. The van der Waals surface area contributed by atoms with Gasteiger partial charge in [0.25, 0.3) is 0 Å². The Kier molecular flexibility index (Phi) is 14.6. The van der Waals surface area contributed by atoms with Gasteiger partial charge in [0.2, 0.25) is 0 Å². The molecule has 0 aliphatic heterocycles. The molecule has 0 aliphatic rings. The maximum Gasteiger partial charge on any atom is 0.337 e. The molecule has 0 aliphatic carbocycles. The molecule has 0 aromatic heterocycles. The fraction of sp³-hybridized carbons (Fsp3) is 0.950. The Bertz CT molecular complexity index is 269. The lowest BCUT2D eigenvalue weighted by molar-refractivity contribution is -0.161. The van der Waals surface area contributed by atoms with E-state index in [4.69, 9.17) is 4.74 Å². The van der Waals surface area contributed by atoms with Gasteiger partial charge in [-0.05, 0) is 20.3 Å². The van der Waals surface area contributed by atoms with Gasteiger partial charge in [-0.3, -0.25) is 0 Å². The van der Waals surface area contributed by atoms with Crippen molar-refractivity contribution in [2.75, 3.05) is 6.61 Å². The number of esters is 1. The van der Waals surface area contributed by atoms with E-state index < -0.39 is 11.6 Å². The molecule has 0 atom stereocenters. The molecule has 0 bridgehead atoms. The third kappa shape index (κ3) is 16.1. The summed E-state index contributed by atoms with van der Waals surface area (Å²) in [5, 5.41) is 9.43. The van der Waals surface area contributed by atoms with Gasteiger partial charge in [-0.25, -0.2) is 4.79 Å². The summed E-state index contributed by atoms with van der Waals surface area (Å²) in [6.45, 7) is 5.62. The van der Waals surface area contributed by atoms with E-state index in [1.165, 1.54) is 90.9 Å². The van der Waals surface area contributed by atoms with Gasteiger partial charge in [0.05, 0.1) is 6.61 Å². The first-order valence-electron chi connectivity index (χ1n) is 9.88. The van der Waals surface area contributed by atoms with Crippen LogP contribution in [0.3, 0.4) is 0 Å². The predicted molar refractivity (Wildman–Crippen MR) is 97.6 cm³/mol. The average Bonchev–Trinajstić information content (AvgIpc) is 2.50. The highest BCUT2D eigenvalue weighted by Crippen LogP contribution is 2.13. The first-order chi connectivity index (χ1) is 11.0. The second-order valence-electron chi connectivity index (χ2n) is 7.29. The standard InChI is InChI=1S/C20H40O3/c1-4-5-6-7-8-9-10-11-12-13-14-15-16-17-18-23-19(21)20(2,3)22/h22H,4-18H2,1-3H3. The Morgan fingerprint density at radius 2 is 1.09 bits per heavy atom. The minimum absolute atomic E-state index is 0.431. The van der Waals surface area contributed by atoms with Gasteiger partial charge in [-0.1, -0.05) is 90.4 Å². The van der Waals surface area contributed by atoms with Crippen molar-refractivity contribution >= 4 is 5.97 Å². The normalized spacial score (nSPS) is 11.7. The lowest BCUT2D eigenvalue weighted by Crippen LogP contribution is -2.33. The molecule has 0 aromatic carbocycles. The summed E-state index contributed by atoms with van der Waals surface area (Å²) in [5.41, 5.74) is -1.37. The van der Waals surface area contributed by atoms with Crippen LogP contribution in [0.1, 0.15) is 111 Å². The van der Waals surface area contributed by atoms with Gasteiger partial charge < -0.3 is 9.84 Å². The average molecular weight is 329 g/mol. The first kappa shape index (κ1) is 22.4. The SMILES string of the molecule is CCCCCCCCCCCCCCCCOC(=O)C(C)(C)O. The number of carbonyl (C=O) groups is 1. The highest BCUT2D eigenvalue weighted by Gasteiger charge is 2.25. The molecule has 0 rings (SSSR count). The molecule has 0 fully saturated rings. The molecule has 0 radical (unpaired) electrons. The Morgan fingerprint density at radius 3 is 1.43 bits per heavy atom. The zero-order valence-corrected chi connectivity index (χ0v) is 15.9.